The number of rotatable bonds is 2. The molecule has 0 atom stereocenters. The normalized spacial score (nSPS) is 9.50. The molecule has 1 rings (SSSR count). The van der Waals surface area contributed by atoms with Crippen molar-refractivity contribution in [3.05, 3.63) is 34.0 Å². The zero-order chi connectivity index (χ0) is 9.14. The highest BCUT2D eigenvalue weighted by molar-refractivity contribution is 6.30. The lowest BCUT2D eigenvalue weighted by Gasteiger charge is -2.03. The molecule has 12 heavy (non-hydrogen) atoms. The molecule has 1 heterocycles. The van der Waals surface area contributed by atoms with Gasteiger partial charge in [0.25, 0.3) is 0 Å². The lowest BCUT2D eigenvalue weighted by Crippen LogP contribution is -2.13. The summed E-state index contributed by atoms with van der Waals surface area (Å²) in [6, 6.07) is 0. The monoisotopic (exact) mass is 185 g/mol. The minimum atomic E-state index is -0.477. The highest BCUT2D eigenvalue weighted by atomic mass is 35.5. The molecular formula is C7H8ClN3O. The minimum Gasteiger partial charge on any atom is -0.347 e. The van der Waals surface area contributed by atoms with Crippen LogP contribution in [0.25, 0.3) is 0 Å². The van der Waals surface area contributed by atoms with Crippen LogP contribution in [-0.4, -0.2) is 9.97 Å². The highest BCUT2D eigenvalue weighted by Crippen LogP contribution is 2.15. The molecule has 0 aliphatic heterocycles. The van der Waals surface area contributed by atoms with Crippen molar-refractivity contribution in [3.8, 4) is 0 Å². The first kappa shape index (κ1) is 8.80. The third kappa shape index (κ3) is 1.65. The molecule has 1 aromatic rings. The number of nitrogens with zero attached hydrogens (tertiary/aromatic N) is 1. The summed E-state index contributed by atoms with van der Waals surface area (Å²) in [5, 5.41) is 3.00. The zero-order valence-corrected chi connectivity index (χ0v) is 7.27. The van der Waals surface area contributed by atoms with Crippen molar-refractivity contribution in [2.24, 2.45) is 0 Å². The Morgan fingerprint density at radius 2 is 2.42 bits per heavy atom. The summed E-state index contributed by atoms with van der Waals surface area (Å²) in [6.07, 6.45) is 1.44. The Hall–Kier alpha value is -1.29. The summed E-state index contributed by atoms with van der Waals surface area (Å²) in [7, 11) is 0. The fourth-order valence-corrected chi connectivity index (χ4v) is 0.912. The van der Waals surface area contributed by atoms with E-state index in [1.165, 1.54) is 6.20 Å². The maximum atomic E-state index is 10.8. The second-order valence-electron chi connectivity index (χ2n) is 2.18. The van der Waals surface area contributed by atoms with E-state index in [1.54, 1.807) is 6.92 Å². The van der Waals surface area contributed by atoms with Gasteiger partial charge in [-0.15, -0.1) is 0 Å². The van der Waals surface area contributed by atoms with E-state index >= 15 is 0 Å². The number of halogens is 1. The van der Waals surface area contributed by atoms with Crippen molar-refractivity contribution in [1.82, 2.24) is 9.97 Å². The summed E-state index contributed by atoms with van der Waals surface area (Å²) >= 11 is 5.68. The molecule has 1 aromatic heterocycles. The van der Waals surface area contributed by atoms with Gasteiger partial charge in [0.15, 0.2) is 0 Å². The second kappa shape index (κ2) is 3.40. The summed E-state index contributed by atoms with van der Waals surface area (Å²) in [4.78, 5) is 16.8. The molecule has 0 amide bonds. The number of anilines is 1. The Morgan fingerprint density at radius 1 is 1.75 bits per heavy atom. The van der Waals surface area contributed by atoms with Gasteiger partial charge in [-0.25, -0.2) is 4.79 Å². The van der Waals surface area contributed by atoms with Crippen molar-refractivity contribution in [1.29, 1.82) is 0 Å². The average Bonchev–Trinajstić information content (AvgIpc) is 2.00. The van der Waals surface area contributed by atoms with Crippen LogP contribution in [0.15, 0.2) is 17.6 Å². The van der Waals surface area contributed by atoms with Crippen molar-refractivity contribution in [3.63, 3.8) is 0 Å². The van der Waals surface area contributed by atoms with Gasteiger partial charge in [0.1, 0.15) is 11.0 Å². The van der Waals surface area contributed by atoms with Gasteiger partial charge < -0.3 is 5.32 Å². The van der Waals surface area contributed by atoms with Gasteiger partial charge in [0.05, 0.1) is 0 Å². The predicted octanol–water partition coefficient (Wildman–Crippen LogP) is 1.29. The Bertz CT molecular complexity index is 358. The van der Waals surface area contributed by atoms with Gasteiger partial charge >= 0.3 is 5.69 Å². The lowest BCUT2D eigenvalue weighted by molar-refractivity contribution is 1.05. The summed E-state index contributed by atoms with van der Waals surface area (Å²) in [6.45, 7) is 5.20. The van der Waals surface area contributed by atoms with E-state index in [0.29, 0.717) is 16.5 Å². The molecular weight excluding hydrogens is 178 g/mol. The first-order valence-electron chi connectivity index (χ1n) is 3.29. The molecule has 0 aliphatic rings. The lowest BCUT2D eigenvalue weighted by atomic mass is 10.3. The van der Waals surface area contributed by atoms with Crippen LogP contribution < -0.4 is 11.0 Å². The number of hydrogen-bond donors (Lipinski definition) is 2. The van der Waals surface area contributed by atoms with Crippen LogP contribution in [-0.2, 0) is 0 Å². The second-order valence-corrected chi connectivity index (χ2v) is 2.56. The largest absolute Gasteiger partial charge is 0.348 e. The van der Waals surface area contributed by atoms with Gasteiger partial charge in [-0.05, 0) is 13.1 Å². The van der Waals surface area contributed by atoms with E-state index in [-0.39, 0.29) is 0 Å². The smallest absolute Gasteiger partial charge is 0.347 e. The molecule has 5 heteroatoms. The van der Waals surface area contributed by atoms with Crippen LogP contribution in [0.1, 0.15) is 5.56 Å². The number of nitrogens with one attached hydrogen (secondary N) is 2. The average molecular weight is 186 g/mol. The first-order valence-corrected chi connectivity index (χ1v) is 3.67. The number of H-pyrrole nitrogens is 1. The fourth-order valence-electron chi connectivity index (χ4n) is 0.742. The fraction of sp³-hybridized carbons (Fsp3) is 0.143. The molecule has 4 nitrogen and oxygen atoms in total. The standard InChI is InChI=1S/C7H8ClN3O/c1-3-9-6-4(2)5(8)10-7(12)11-6/h3H,1H2,2H3,(H2,9,10,11,12). The molecule has 0 saturated carbocycles. The Morgan fingerprint density at radius 3 is 3.00 bits per heavy atom. The molecule has 0 fully saturated rings. The van der Waals surface area contributed by atoms with Crippen molar-refractivity contribution in [2.75, 3.05) is 5.32 Å². The van der Waals surface area contributed by atoms with Gasteiger partial charge in [-0.3, -0.25) is 4.98 Å². The number of aromatic nitrogens is 2. The van der Waals surface area contributed by atoms with E-state index in [4.69, 9.17) is 11.6 Å². The quantitative estimate of drug-likeness (QED) is 0.683. The summed E-state index contributed by atoms with van der Waals surface area (Å²) in [5.41, 5.74) is 0.214. The molecule has 64 valence electrons. The SMILES string of the molecule is C=CNc1nc(=O)[nH]c(Cl)c1C. The third-order valence-corrected chi connectivity index (χ3v) is 1.73. The molecule has 0 aromatic carbocycles. The van der Waals surface area contributed by atoms with Crippen LogP contribution in [0.2, 0.25) is 5.15 Å². The molecule has 0 aliphatic carbocycles. The van der Waals surface area contributed by atoms with Gasteiger partial charge in [-0.1, -0.05) is 18.2 Å². The third-order valence-electron chi connectivity index (χ3n) is 1.35. The summed E-state index contributed by atoms with van der Waals surface area (Å²) < 4.78 is 0. The van der Waals surface area contributed by atoms with E-state index in [9.17, 15) is 4.79 Å². The molecule has 0 radical (unpaired) electrons. The first-order chi connectivity index (χ1) is 5.65. The Balaban J connectivity index is 3.27. The molecule has 2 N–H and O–H groups in total. The number of aromatic amines is 1. The van der Waals surface area contributed by atoms with Crippen molar-refractivity contribution >= 4 is 17.4 Å². The van der Waals surface area contributed by atoms with E-state index in [2.05, 4.69) is 21.9 Å². The molecule has 0 spiro atoms. The van der Waals surface area contributed by atoms with Gasteiger partial charge in [0, 0.05) is 5.56 Å². The topological polar surface area (TPSA) is 57.8 Å². The minimum absolute atomic E-state index is 0.291. The van der Waals surface area contributed by atoms with E-state index < -0.39 is 5.69 Å². The Kier molecular flexibility index (Phi) is 2.50. The molecule has 0 unspecified atom stereocenters. The van der Waals surface area contributed by atoms with Gasteiger partial charge in [-0.2, -0.15) is 4.98 Å². The Labute approximate surface area is 74.3 Å². The van der Waals surface area contributed by atoms with Crippen LogP contribution in [0.3, 0.4) is 0 Å². The maximum absolute atomic E-state index is 10.8. The van der Waals surface area contributed by atoms with Crippen molar-refractivity contribution < 1.29 is 0 Å². The zero-order valence-electron chi connectivity index (χ0n) is 6.52. The van der Waals surface area contributed by atoms with Crippen LogP contribution in [0, 0.1) is 6.92 Å². The maximum Gasteiger partial charge on any atom is 0.348 e. The van der Waals surface area contributed by atoms with E-state index in [1.807, 2.05) is 0 Å². The van der Waals surface area contributed by atoms with Gasteiger partial charge in [0.2, 0.25) is 0 Å². The molecule has 0 bridgehead atoms. The van der Waals surface area contributed by atoms with E-state index in [0.717, 1.165) is 0 Å². The number of hydrogen-bond acceptors (Lipinski definition) is 3. The highest BCUT2D eigenvalue weighted by Gasteiger charge is 2.03. The van der Waals surface area contributed by atoms with Crippen molar-refractivity contribution in [2.45, 2.75) is 6.92 Å². The molecule has 0 saturated heterocycles. The summed E-state index contributed by atoms with van der Waals surface area (Å²) in [5.74, 6) is 0.429. The van der Waals surface area contributed by atoms with Crippen LogP contribution >= 0.6 is 11.6 Å². The van der Waals surface area contributed by atoms with Crippen LogP contribution in [0.4, 0.5) is 5.82 Å². The van der Waals surface area contributed by atoms with Crippen LogP contribution in [0.5, 0.6) is 0 Å². The predicted molar refractivity (Wildman–Crippen MR) is 48.4 cm³/mol.